The normalized spacial score (nSPS) is 34.6. The van der Waals surface area contributed by atoms with Gasteiger partial charge in [0.15, 0.2) is 0 Å². The van der Waals surface area contributed by atoms with Gasteiger partial charge in [0.25, 0.3) is 0 Å². The molecule has 1 heterocycles. The molecule has 1 aromatic rings. The summed E-state index contributed by atoms with van der Waals surface area (Å²) in [4.78, 5) is 36.8. The largest absolute Gasteiger partial charge is 0.373 e. The zero-order valence-corrected chi connectivity index (χ0v) is 17.2. The van der Waals surface area contributed by atoms with Crippen molar-refractivity contribution in [3.8, 4) is 0 Å². The number of carbonyl (C=O) groups excluding carboxylic acids is 4. The van der Waals surface area contributed by atoms with Crippen LogP contribution in [0.5, 0.6) is 0 Å². The van der Waals surface area contributed by atoms with Crippen LogP contribution in [0.2, 0.25) is 0 Å². The van der Waals surface area contributed by atoms with E-state index in [0.717, 1.165) is 23.7 Å². The van der Waals surface area contributed by atoms with Crippen LogP contribution in [-0.4, -0.2) is 21.9 Å². The van der Waals surface area contributed by atoms with Crippen molar-refractivity contribution in [2.45, 2.75) is 59.8 Å². The highest BCUT2D eigenvalue weighted by Crippen LogP contribution is 2.64. The van der Waals surface area contributed by atoms with Gasteiger partial charge in [-0.25, -0.2) is 4.98 Å². The Hall–Kier alpha value is -2.29. The molecule has 0 unspecified atom stereocenters. The number of nitrogens with zero attached hydrogens (tertiary/aromatic N) is 2. The van der Waals surface area contributed by atoms with Crippen LogP contribution < -0.4 is 0 Å². The minimum atomic E-state index is 0.250. The van der Waals surface area contributed by atoms with E-state index in [0.29, 0.717) is 10.8 Å². The second kappa shape index (κ2) is 8.81. The van der Waals surface area contributed by atoms with E-state index in [2.05, 4.69) is 49.5 Å². The maximum Gasteiger partial charge on any atom is 0.373 e. The summed E-state index contributed by atoms with van der Waals surface area (Å²) in [7, 11) is 0. The predicted molar refractivity (Wildman–Crippen MR) is 101 cm³/mol. The monoisotopic (exact) mass is 386 g/mol. The van der Waals surface area contributed by atoms with Crippen LogP contribution in [0.25, 0.3) is 5.70 Å². The lowest BCUT2D eigenvalue weighted by atomic mass is 9.48. The van der Waals surface area contributed by atoms with Crippen molar-refractivity contribution < 1.29 is 19.2 Å². The highest BCUT2D eigenvalue weighted by Gasteiger charge is 2.56. The van der Waals surface area contributed by atoms with Crippen molar-refractivity contribution in [2.24, 2.45) is 34.5 Å². The first-order chi connectivity index (χ1) is 13.3. The van der Waals surface area contributed by atoms with Crippen LogP contribution in [0.3, 0.4) is 0 Å². The van der Waals surface area contributed by atoms with Crippen molar-refractivity contribution in [1.29, 1.82) is 0 Å². The Bertz CT molecular complexity index is 744. The lowest BCUT2D eigenvalue weighted by molar-refractivity contribution is -0.193. The van der Waals surface area contributed by atoms with Crippen molar-refractivity contribution in [3.05, 3.63) is 24.8 Å². The Kier molecular flexibility index (Phi) is 6.92. The molecule has 3 aliphatic carbocycles. The van der Waals surface area contributed by atoms with Crippen molar-refractivity contribution >= 4 is 18.0 Å². The quantitative estimate of drug-likeness (QED) is 0.726. The van der Waals surface area contributed by atoms with Gasteiger partial charge in [0, 0.05) is 23.5 Å². The third-order valence-corrected chi connectivity index (χ3v) is 7.92. The van der Waals surface area contributed by atoms with Gasteiger partial charge in [0.05, 0.1) is 6.33 Å². The Morgan fingerprint density at radius 1 is 1.04 bits per heavy atom. The fourth-order valence-corrected chi connectivity index (χ4v) is 6.14. The lowest BCUT2D eigenvalue weighted by Gasteiger charge is -2.57. The third kappa shape index (κ3) is 3.80. The minimum Gasteiger partial charge on any atom is -0.310 e. The predicted octanol–water partition coefficient (Wildman–Crippen LogP) is 4.07. The fraction of sp³-hybridized carbons (Fsp3) is 0.682. The first-order valence-corrected chi connectivity index (χ1v) is 9.95. The highest BCUT2D eigenvalue weighted by molar-refractivity contribution is 5.56. The Morgan fingerprint density at radius 3 is 2.25 bits per heavy atom. The summed E-state index contributed by atoms with van der Waals surface area (Å²) in [6, 6.07) is 0. The summed E-state index contributed by atoms with van der Waals surface area (Å²) in [6.45, 7) is 10.1. The van der Waals surface area contributed by atoms with E-state index in [4.69, 9.17) is 19.2 Å². The Morgan fingerprint density at radius 2 is 1.68 bits per heavy atom. The smallest absolute Gasteiger partial charge is 0.310 e. The number of hydrogen-bond acceptors (Lipinski definition) is 5. The van der Waals surface area contributed by atoms with Gasteiger partial charge in [-0.3, -0.25) is 0 Å². The molecule has 0 amide bonds. The van der Waals surface area contributed by atoms with Gasteiger partial charge in [-0.05, 0) is 61.2 Å². The first kappa shape index (κ1) is 22.0. The molecule has 4 rings (SSSR count). The molecule has 2 saturated carbocycles. The molecule has 0 aliphatic heterocycles. The number of aromatic nitrogens is 2. The van der Waals surface area contributed by atoms with Crippen molar-refractivity contribution in [3.63, 3.8) is 0 Å². The molecule has 6 nitrogen and oxygen atoms in total. The number of fused-ring (bicyclic) bond motifs is 3. The standard InChI is InChI=1S/C20H30N2.2CO2/c1-14-5-6-15-16(19(14,2)3)9-10-20(4)17(15)7-8-18(20)22-12-11-21-13-22;2*2-1-3/h8,11-17H,5-7,9-10H2,1-4H3;;/t14-,15-,16+,17+,20+;;/m1../s1. The maximum absolute atomic E-state index is 8.12. The average Bonchev–Trinajstić information content (AvgIpc) is 3.26. The summed E-state index contributed by atoms with van der Waals surface area (Å²) in [5, 5.41) is 0. The molecular formula is C22H30N2O4. The van der Waals surface area contributed by atoms with E-state index in [1.165, 1.54) is 37.8 Å². The molecule has 3 aliphatic rings. The minimum absolute atomic E-state index is 0.250. The van der Waals surface area contributed by atoms with E-state index in [1.54, 1.807) is 0 Å². The number of hydrogen-bond donors (Lipinski definition) is 0. The van der Waals surface area contributed by atoms with Crippen LogP contribution in [0.15, 0.2) is 24.8 Å². The molecular weight excluding hydrogens is 356 g/mol. The van der Waals surface area contributed by atoms with E-state index in [1.807, 2.05) is 12.5 Å². The molecule has 0 bridgehead atoms. The van der Waals surface area contributed by atoms with Gasteiger partial charge in [0.1, 0.15) is 0 Å². The third-order valence-electron chi connectivity index (χ3n) is 7.92. The topological polar surface area (TPSA) is 86.1 Å². The number of allylic oxidation sites excluding steroid dienone is 2. The van der Waals surface area contributed by atoms with E-state index >= 15 is 0 Å². The first-order valence-electron chi connectivity index (χ1n) is 9.95. The summed E-state index contributed by atoms with van der Waals surface area (Å²) >= 11 is 0. The molecule has 5 atom stereocenters. The van der Waals surface area contributed by atoms with Gasteiger partial charge < -0.3 is 4.57 Å². The molecule has 0 N–H and O–H groups in total. The molecule has 0 aromatic carbocycles. The van der Waals surface area contributed by atoms with Crippen LogP contribution in [0, 0.1) is 34.5 Å². The molecule has 0 radical (unpaired) electrons. The number of imidazole rings is 1. The second-order valence-electron chi connectivity index (χ2n) is 9.09. The summed E-state index contributed by atoms with van der Waals surface area (Å²) in [5.74, 6) is 3.56. The average molecular weight is 386 g/mol. The van der Waals surface area contributed by atoms with Gasteiger partial charge in [-0.1, -0.05) is 33.8 Å². The van der Waals surface area contributed by atoms with Crippen molar-refractivity contribution in [2.75, 3.05) is 0 Å². The molecule has 28 heavy (non-hydrogen) atoms. The molecule has 1 aromatic heterocycles. The lowest BCUT2D eigenvalue weighted by Crippen LogP contribution is -2.49. The highest BCUT2D eigenvalue weighted by atomic mass is 16.2. The van der Waals surface area contributed by atoms with Gasteiger partial charge in [-0.2, -0.15) is 19.2 Å². The summed E-state index contributed by atoms with van der Waals surface area (Å²) < 4.78 is 2.27. The molecule has 152 valence electrons. The molecule has 0 spiro atoms. The van der Waals surface area contributed by atoms with Gasteiger partial charge in [0.2, 0.25) is 0 Å². The summed E-state index contributed by atoms with van der Waals surface area (Å²) in [5.41, 5.74) is 2.39. The molecule has 6 heteroatoms. The van der Waals surface area contributed by atoms with Gasteiger partial charge in [-0.15, -0.1) is 0 Å². The van der Waals surface area contributed by atoms with Crippen molar-refractivity contribution in [1.82, 2.24) is 9.55 Å². The van der Waals surface area contributed by atoms with E-state index < -0.39 is 0 Å². The van der Waals surface area contributed by atoms with Crippen LogP contribution in [0.1, 0.15) is 59.8 Å². The molecule has 2 fully saturated rings. The van der Waals surface area contributed by atoms with E-state index in [-0.39, 0.29) is 12.3 Å². The van der Waals surface area contributed by atoms with Gasteiger partial charge >= 0.3 is 12.3 Å². The maximum atomic E-state index is 8.12. The summed E-state index contributed by atoms with van der Waals surface area (Å²) in [6.07, 6.45) is 15.9. The second-order valence-corrected chi connectivity index (χ2v) is 9.09. The SMILES string of the molecule is C[C@@H]1CC[C@@H]2[C@H](CC[C@]3(C)C(n4ccnc4)=CC[C@@H]23)C1(C)C.O=C=O.O=C=O. The Labute approximate surface area is 166 Å². The zero-order chi connectivity index (χ0) is 20.9. The van der Waals surface area contributed by atoms with Crippen LogP contribution in [0.4, 0.5) is 0 Å². The number of rotatable bonds is 1. The van der Waals surface area contributed by atoms with Crippen LogP contribution in [-0.2, 0) is 19.2 Å². The molecule has 0 saturated heterocycles. The Balaban J connectivity index is 0.000000418. The van der Waals surface area contributed by atoms with E-state index in [9.17, 15) is 0 Å². The fourth-order valence-electron chi connectivity index (χ4n) is 6.14. The van der Waals surface area contributed by atoms with Crippen LogP contribution >= 0.6 is 0 Å². The zero-order valence-electron chi connectivity index (χ0n) is 17.2.